The highest BCUT2D eigenvalue weighted by molar-refractivity contribution is 5.78. The van der Waals surface area contributed by atoms with E-state index in [0.29, 0.717) is 29.1 Å². The number of hydrogen-bond donors (Lipinski definition) is 1. The van der Waals surface area contributed by atoms with Crippen molar-refractivity contribution in [3.8, 4) is 56.8 Å². The number of aromatic nitrogens is 3. The van der Waals surface area contributed by atoms with Crippen molar-refractivity contribution in [3.63, 3.8) is 0 Å². The zero-order valence-electron chi connectivity index (χ0n) is 21.3. The number of nitrogens with zero attached hydrogens (tertiary/aromatic N) is 3. The topological polar surface area (TPSA) is 68.1 Å². The van der Waals surface area contributed by atoms with Crippen LogP contribution in [0.3, 0.4) is 0 Å². The lowest BCUT2D eigenvalue weighted by Gasteiger charge is -2.18. The first-order chi connectivity index (χ1) is 19.2. The van der Waals surface area contributed by atoms with Crippen molar-refractivity contribution >= 4 is 0 Å². The summed E-state index contributed by atoms with van der Waals surface area (Å²) >= 11 is 0. The average molecular weight is 508 g/mol. The van der Waals surface area contributed by atoms with Crippen molar-refractivity contribution in [3.05, 3.63) is 127 Å². The van der Waals surface area contributed by atoms with Crippen LogP contribution >= 0.6 is 0 Å². The minimum absolute atomic E-state index is 0.147. The number of phenolic OH excluding ortho intramolecular Hbond substituents is 1. The lowest BCUT2D eigenvalue weighted by atomic mass is 9.83. The third-order valence-corrected chi connectivity index (χ3v) is 7.38. The van der Waals surface area contributed by atoms with Crippen molar-refractivity contribution < 1.29 is 9.84 Å². The molecular weight excluding hydrogens is 482 g/mol. The summed E-state index contributed by atoms with van der Waals surface area (Å²) in [6.45, 7) is 2.17. The molecule has 2 aliphatic rings. The highest BCUT2D eigenvalue weighted by atomic mass is 16.5. The standard InChI is InChI=1S/C34H25N3O2/c1-21-9-8-14-28-29(21)27-20-19-26(30(38)31(27)39-28)22-15-17-25(18-16-22)34-36-32(23-10-4-2-5-11-23)35-33(37-34)24-12-6-3-7-13-24/h2-21,29,38H,1H3. The molecule has 39 heavy (non-hydrogen) atoms. The van der Waals surface area contributed by atoms with E-state index < -0.39 is 0 Å². The summed E-state index contributed by atoms with van der Waals surface area (Å²) in [4.78, 5) is 14.4. The fourth-order valence-electron chi connectivity index (χ4n) is 5.36. The maximum atomic E-state index is 11.2. The molecule has 0 saturated carbocycles. The van der Waals surface area contributed by atoms with Gasteiger partial charge in [-0.15, -0.1) is 0 Å². The fraction of sp³-hybridized carbons (Fsp3) is 0.0882. The first-order valence-corrected chi connectivity index (χ1v) is 13.1. The van der Waals surface area contributed by atoms with E-state index in [9.17, 15) is 5.11 Å². The first-order valence-electron chi connectivity index (χ1n) is 13.1. The van der Waals surface area contributed by atoms with E-state index in [0.717, 1.165) is 39.1 Å². The average Bonchev–Trinajstić information content (AvgIpc) is 3.39. The molecule has 0 radical (unpaired) electrons. The molecule has 0 spiro atoms. The maximum Gasteiger partial charge on any atom is 0.173 e. The van der Waals surface area contributed by atoms with E-state index in [-0.39, 0.29) is 11.7 Å². The fourth-order valence-corrected chi connectivity index (χ4v) is 5.36. The van der Waals surface area contributed by atoms with Gasteiger partial charge in [-0.2, -0.15) is 0 Å². The van der Waals surface area contributed by atoms with Crippen LogP contribution in [0, 0.1) is 5.92 Å². The van der Waals surface area contributed by atoms with Gasteiger partial charge in [0.05, 0.1) is 5.92 Å². The van der Waals surface area contributed by atoms with Crippen LogP contribution in [-0.2, 0) is 0 Å². The van der Waals surface area contributed by atoms with Gasteiger partial charge in [0.1, 0.15) is 5.76 Å². The number of ether oxygens (including phenoxy) is 1. The van der Waals surface area contributed by atoms with Gasteiger partial charge < -0.3 is 9.84 Å². The highest BCUT2D eigenvalue weighted by Gasteiger charge is 2.36. The van der Waals surface area contributed by atoms with Crippen molar-refractivity contribution in [1.82, 2.24) is 15.0 Å². The van der Waals surface area contributed by atoms with Gasteiger partial charge in [-0.25, -0.2) is 15.0 Å². The summed E-state index contributed by atoms with van der Waals surface area (Å²) in [6, 6.07) is 31.8. The Morgan fingerprint density at radius 3 is 1.77 bits per heavy atom. The molecule has 5 nitrogen and oxygen atoms in total. The van der Waals surface area contributed by atoms with Gasteiger partial charge in [-0.3, -0.25) is 0 Å². The van der Waals surface area contributed by atoms with Gasteiger partial charge in [0, 0.05) is 27.8 Å². The van der Waals surface area contributed by atoms with E-state index >= 15 is 0 Å². The summed E-state index contributed by atoms with van der Waals surface area (Å²) in [5.41, 5.74) is 5.37. The van der Waals surface area contributed by atoms with Crippen LogP contribution in [0.5, 0.6) is 11.5 Å². The first kappa shape index (κ1) is 23.1. The second kappa shape index (κ2) is 9.37. The molecule has 2 heterocycles. The van der Waals surface area contributed by atoms with Crippen molar-refractivity contribution in [2.45, 2.75) is 12.8 Å². The number of rotatable bonds is 4. The minimum atomic E-state index is 0.147. The lowest BCUT2D eigenvalue weighted by Crippen LogP contribution is -2.10. The van der Waals surface area contributed by atoms with Crippen molar-refractivity contribution in [2.75, 3.05) is 0 Å². The molecule has 4 aromatic carbocycles. The number of hydrogen-bond acceptors (Lipinski definition) is 5. The summed E-state index contributed by atoms with van der Waals surface area (Å²) in [5, 5.41) is 11.2. The van der Waals surface area contributed by atoms with Gasteiger partial charge in [-0.05, 0) is 17.6 Å². The molecule has 5 heteroatoms. The highest BCUT2D eigenvalue weighted by Crippen LogP contribution is 2.53. The molecule has 0 saturated heterocycles. The second-order valence-corrected chi connectivity index (χ2v) is 9.89. The van der Waals surface area contributed by atoms with Gasteiger partial charge >= 0.3 is 0 Å². The summed E-state index contributed by atoms with van der Waals surface area (Å²) < 4.78 is 6.11. The summed E-state index contributed by atoms with van der Waals surface area (Å²) in [5.74, 6) is 3.91. The van der Waals surface area contributed by atoms with E-state index in [1.54, 1.807) is 0 Å². The number of fused-ring (bicyclic) bond motifs is 3. The molecule has 188 valence electrons. The molecular formula is C34H25N3O2. The molecule has 1 aromatic heterocycles. The maximum absolute atomic E-state index is 11.2. The van der Waals surface area contributed by atoms with Gasteiger partial charge in [0.25, 0.3) is 0 Å². The Hall–Kier alpha value is -5.03. The predicted octanol–water partition coefficient (Wildman–Crippen LogP) is 7.81. The van der Waals surface area contributed by atoms with Gasteiger partial charge in [0.15, 0.2) is 29.0 Å². The molecule has 1 aliphatic carbocycles. The Bertz CT molecular complexity index is 1690. The number of benzene rings is 4. The third-order valence-electron chi connectivity index (χ3n) is 7.38. The van der Waals surface area contributed by atoms with Crippen LogP contribution in [-0.4, -0.2) is 20.1 Å². The van der Waals surface area contributed by atoms with Crippen LogP contribution < -0.4 is 4.74 Å². The Kier molecular flexibility index (Phi) is 5.55. The van der Waals surface area contributed by atoms with Crippen LogP contribution in [0.4, 0.5) is 0 Å². The van der Waals surface area contributed by atoms with Crippen LogP contribution in [0.2, 0.25) is 0 Å². The second-order valence-electron chi connectivity index (χ2n) is 9.89. The Balaban J connectivity index is 1.26. The van der Waals surface area contributed by atoms with Crippen molar-refractivity contribution in [1.29, 1.82) is 0 Å². The zero-order valence-corrected chi connectivity index (χ0v) is 21.3. The van der Waals surface area contributed by atoms with E-state index in [4.69, 9.17) is 19.7 Å². The van der Waals surface area contributed by atoms with Crippen LogP contribution in [0.15, 0.2) is 121 Å². The molecule has 1 N–H and O–H groups in total. The number of allylic oxidation sites excluding steroid dienone is 4. The largest absolute Gasteiger partial charge is 0.504 e. The smallest absolute Gasteiger partial charge is 0.173 e. The Morgan fingerprint density at radius 1 is 0.641 bits per heavy atom. The molecule has 2 unspecified atom stereocenters. The molecule has 1 aliphatic heterocycles. The Morgan fingerprint density at radius 2 is 1.18 bits per heavy atom. The van der Waals surface area contributed by atoms with Crippen LogP contribution in [0.1, 0.15) is 18.4 Å². The normalized spacial score (nSPS) is 17.2. The van der Waals surface area contributed by atoms with Crippen molar-refractivity contribution in [2.24, 2.45) is 5.92 Å². The minimum Gasteiger partial charge on any atom is -0.504 e. The summed E-state index contributed by atoms with van der Waals surface area (Å²) in [7, 11) is 0. The quantitative estimate of drug-likeness (QED) is 0.269. The van der Waals surface area contributed by atoms with E-state index in [1.807, 2.05) is 103 Å². The lowest BCUT2D eigenvalue weighted by molar-refractivity contribution is 0.377. The third kappa shape index (κ3) is 4.09. The Labute approximate surface area is 226 Å². The monoisotopic (exact) mass is 507 g/mol. The van der Waals surface area contributed by atoms with E-state index in [2.05, 4.69) is 19.1 Å². The van der Waals surface area contributed by atoms with E-state index in [1.165, 1.54) is 0 Å². The zero-order chi connectivity index (χ0) is 26.3. The number of aromatic hydroxyl groups is 1. The van der Waals surface area contributed by atoms with Gasteiger partial charge in [-0.1, -0.05) is 116 Å². The molecule has 2 atom stereocenters. The van der Waals surface area contributed by atoms with Crippen LogP contribution in [0.25, 0.3) is 45.3 Å². The summed E-state index contributed by atoms with van der Waals surface area (Å²) in [6.07, 6.45) is 6.18. The predicted molar refractivity (Wildman–Crippen MR) is 153 cm³/mol. The molecule has 7 rings (SSSR count). The van der Waals surface area contributed by atoms with Gasteiger partial charge in [0.2, 0.25) is 0 Å². The SMILES string of the molecule is CC1C=CC=C2Oc3c(ccc(-c4ccc(-c5nc(-c6ccccc6)nc(-c6ccccc6)n5)cc4)c3O)C21. The molecule has 0 bridgehead atoms. The molecule has 0 fully saturated rings. The number of phenols is 1. The molecule has 0 amide bonds. The molecule has 5 aromatic rings.